The van der Waals surface area contributed by atoms with Crippen LogP contribution in [-0.2, 0) is 0 Å². The Morgan fingerprint density at radius 3 is 2.59 bits per heavy atom. The first-order chi connectivity index (χ1) is 10.8. The zero-order valence-electron chi connectivity index (χ0n) is 13.2. The molecule has 5 heteroatoms. The standard InChI is InChI=1S/C17H25N3O2/c1-2-16(13-3-4-13)19-17(21)20-11-7-15(8-12-20)22-14-5-9-18-10-6-14/h5-6,9-10,13,15-16H,2-4,7-8,11-12H2,1H3,(H,19,21)/t16-/m1/s1. The maximum atomic E-state index is 12.3. The van der Waals surface area contributed by atoms with Crippen molar-refractivity contribution in [2.45, 2.75) is 51.2 Å². The number of aromatic nitrogens is 1. The molecule has 1 saturated carbocycles. The number of nitrogens with one attached hydrogen (secondary N) is 1. The maximum absolute atomic E-state index is 12.3. The van der Waals surface area contributed by atoms with Crippen LogP contribution in [0.4, 0.5) is 4.79 Å². The third-order valence-electron chi connectivity index (χ3n) is 4.62. The van der Waals surface area contributed by atoms with E-state index in [9.17, 15) is 4.79 Å². The number of carbonyl (C=O) groups excluding carboxylic acids is 1. The molecule has 1 aromatic rings. The van der Waals surface area contributed by atoms with E-state index in [1.807, 2.05) is 17.0 Å². The smallest absolute Gasteiger partial charge is 0.317 e. The molecule has 3 rings (SSSR count). The van der Waals surface area contributed by atoms with Crippen molar-refractivity contribution in [2.24, 2.45) is 5.92 Å². The lowest BCUT2D eigenvalue weighted by molar-refractivity contribution is 0.109. The summed E-state index contributed by atoms with van der Waals surface area (Å²) in [5.41, 5.74) is 0. The highest BCUT2D eigenvalue weighted by molar-refractivity contribution is 5.74. The van der Waals surface area contributed by atoms with Crippen LogP contribution in [0.1, 0.15) is 39.0 Å². The molecule has 1 aliphatic carbocycles. The van der Waals surface area contributed by atoms with Crippen LogP contribution < -0.4 is 10.1 Å². The van der Waals surface area contributed by atoms with Gasteiger partial charge in [0, 0.05) is 44.4 Å². The summed E-state index contributed by atoms with van der Waals surface area (Å²) in [6.07, 6.45) is 8.99. The SMILES string of the molecule is CC[C@@H](NC(=O)N1CCC(Oc2ccncc2)CC1)C1CC1. The van der Waals surface area contributed by atoms with E-state index in [1.54, 1.807) is 12.4 Å². The highest BCUT2D eigenvalue weighted by Gasteiger charge is 2.32. The molecule has 1 saturated heterocycles. The van der Waals surface area contributed by atoms with Gasteiger partial charge in [-0.25, -0.2) is 4.79 Å². The number of pyridine rings is 1. The minimum Gasteiger partial charge on any atom is -0.490 e. The topological polar surface area (TPSA) is 54.5 Å². The normalized spacial score (nSPS) is 20.5. The Morgan fingerprint density at radius 2 is 2.00 bits per heavy atom. The molecule has 2 aliphatic rings. The van der Waals surface area contributed by atoms with Gasteiger partial charge in [-0.2, -0.15) is 0 Å². The number of ether oxygens (including phenoxy) is 1. The molecule has 0 unspecified atom stereocenters. The summed E-state index contributed by atoms with van der Waals surface area (Å²) in [6.45, 7) is 3.68. The van der Waals surface area contributed by atoms with Crippen molar-refractivity contribution in [3.05, 3.63) is 24.5 Å². The van der Waals surface area contributed by atoms with E-state index in [1.165, 1.54) is 12.8 Å². The van der Waals surface area contributed by atoms with Crippen LogP contribution in [0.2, 0.25) is 0 Å². The van der Waals surface area contributed by atoms with Gasteiger partial charge >= 0.3 is 6.03 Å². The van der Waals surface area contributed by atoms with E-state index >= 15 is 0 Å². The first-order valence-electron chi connectivity index (χ1n) is 8.38. The van der Waals surface area contributed by atoms with Crippen molar-refractivity contribution >= 4 is 6.03 Å². The number of rotatable bonds is 5. The fraction of sp³-hybridized carbons (Fsp3) is 0.647. The lowest BCUT2D eigenvalue weighted by Crippen LogP contribution is -2.49. The summed E-state index contributed by atoms with van der Waals surface area (Å²) in [6, 6.07) is 4.21. The van der Waals surface area contributed by atoms with Crippen molar-refractivity contribution in [1.29, 1.82) is 0 Å². The molecule has 2 fully saturated rings. The second kappa shape index (κ2) is 6.99. The zero-order chi connectivity index (χ0) is 15.4. The average Bonchev–Trinajstić information content (AvgIpc) is 3.39. The quantitative estimate of drug-likeness (QED) is 0.910. The first-order valence-corrected chi connectivity index (χ1v) is 8.38. The number of likely N-dealkylation sites (tertiary alicyclic amines) is 1. The molecule has 0 spiro atoms. The summed E-state index contributed by atoms with van der Waals surface area (Å²) in [7, 11) is 0. The van der Waals surface area contributed by atoms with Gasteiger partial charge in [0.2, 0.25) is 0 Å². The van der Waals surface area contributed by atoms with Crippen LogP contribution in [0.3, 0.4) is 0 Å². The molecule has 1 aliphatic heterocycles. The Bertz CT molecular complexity index is 482. The third-order valence-corrected chi connectivity index (χ3v) is 4.62. The Balaban J connectivity index is 1.43. The molecule has 1 atom stereocenters. The van der Waals surface area contributed by atoms with E-state index in [2.05, 4.69) is 17.2 Å². The molecule has 0 aromatic carbocycles. The van der Waals surface area contributed by atoms with Crippen molar-refractivity contribution in [3.8, 4) is 5.75 Å². The number of carbonyl (C=O) groups is 1. The summed E-state index contributed by atoms with van der Waals surface area (Å²) < 4.78 is 5.94. The average molecular weight is 303 g/mol. The first kappa shape index (κ1) is 15.1. The number of hydrogen-bond donors (Lipinski definition) is 1. The van der Waals surface area contributed by atoms with Gasteiger partial charge < -0.3 is 15.0 Å². The number of piperidine rings is 1. The number of amides is 2. The van der Waals surface area contributed by atoms with Crippen molar-refractivity contribution < 1.29 is 9.53 Å². The fourth-order valence-corrected chi connectivity index (χ4v) is 3.09. The van der Waals surface area contributed by atoms with Gasteiger partial charge in [0.1, 0.15) is 11.9 Å². The number of nitrogens with zero attached hydrogens (tertiary/aromatic N) is 2. The monoisotopic (exact) mass is 303 g/mol. The highest BCUT2D eigenvalue weighted by Crippen LogP contribution is 2.34. The fourth-order valence-electron chi connectivity index (χ4n) is 3.09. The summed E-state index contributed by atoms with van der Waals surface area (Å²) in [5, 5.41) is 3.20. The molecule has 1 aromatic heterocycles. The van der Waals surface area contributed by atoms with Gasteiger partial charge in [-0.15, -0.1) is 0 Å². The summed E-state index contributed by atoms with van der Waals surface area (Å²) in [5.74, 6) is 1.57. The van der Waals surface area contributed by atoms with E-state index in [0.717, 1.165) is 38.1 Å². The molecule has 2 heterocycles. The predicted octanol–water partition coefficient (Wildman–Crippen LogP) is 2.82. The number of urea groups is 1. The van der Waals surface area contributed by atoms with Gasteiger partial charge in [-0.3, -0.25) is 4.98 Å². The molecule has 22 heavy (non-hydrogen) atoms. The molecule has 120 valence electrons. The van der Waals surface area contributed by atoms with Crippen LogP contribution in [0.15, 0.2) is 24.5 Å². The lowest BCUT2D eigenvalue weighted by Gasteiger charge is -2.33. The highest BCUT2D eigenvalue weighted by atomic mass is 16.5. The van der Waals surface area contributed by atoms with Crippen LogP contribution in [-0.4, -0.2) is 41.2 Å². The van der Waals surface area contributed by atoms with Gasteiger partial charge in [0.05, 0.1) is 0 Å². The molecule has 1 N–H and O–H groups in total. The van der Waals surface area contributed by atoms with E-state index in [-0.39, 0.29) is 12.1 Å². The molecule has 2 amide bonds. The molecular formula is C17H25N3O2. The van der Waals surface area contributed by atoms with E-state index < -0.39 is 0 Å². The van der Waals surface area contributed by atoms with Gasteiger partial charge in [0.15, 0.2) is 0 Å². The molecular weight excluding hydrogens is 278 g/mol. The lowest BCUT2D eigenvalue weighted by atomic mass is 10.1. The van der Waals surface area contributed by atoms with Gasteiger partial charge in [-0.1, -0.05) is 6.92 Å². The molecule has 0 bridgehead atoms. The van der Waals surface area contributed by atoms with Crippen LogP contribution in [0.5, 0.6) is 5.75 Å². The zero-order valence-corrected chi connectivity index (χ0v) is 13.2. The van der Waals surface area contributed by atoms with Crippen LogP contribution in [0, 0.1) is 5.92 Å². The van der Waals surface area contributed by atoms with Crippen molar-refractivity contribution in [2.75, 3.05) is 13.1 Å². The predicted molar refractivity (Wildman–Crippen MR) is 84.8 cm³/mol. The van der Waals surface area contributed by atoms with Crippen molar-refractivity contribution in [3.63, 3.8) is 0 Å². The third kappa shape index (κ3) is 3.90. The van der Waals surface area contributed by atoms with Gasteiger partial charge in [-0.05, 0) is 37.3 Å². The van der Waals surface area contributed by atoms with Gasteiger partial charge in [0.25, 0.3) is 0 Å². The minimum absolute atomic E-state index is 0.0983. The van der Waals surface area contributed by atoms with E-state index in [0.29, 0.717) is 12.0 Å². The second-order valence-electron chi connectivity index (χ2n) is 6.29. The molecule has 0 radical (unpaired) electrons. The van der Waals surface area contributed by atoms with Crippen molar-refractivity contribution in [1.82, 2.24) is 15.2 Å². The van der Waals surface area contributed by atoms with E-state index in [4.69, 9.17) is 4.74 Å². The second-order valence-corrected chi connectivity index (χ2v) is 6.29. The Hall–Kier alpha value is -1.78. The Morgan fingerprint density at radius 1 is 1.32 bits per heavy atom. The number of hydrogen-bond acceptors (Lipinski definition) is 3. The summed E-state index contributed by atoms with van der Waals surface area (Å²) >= 11 is 0. The maximum Gasteiger partial charge on any atom is 0.317 e. The molecule has 5 nitrogen and oxygen atoms in total. The van der Waals surface area contributed by atoms with Crippen LogP contribution >= 0.6 is 0 Å². The Kier molecular flexibility index (Phi) is 4.80. The Labute approximate surface area is 132 Å². The minimum atomic E-state index is 0.0983. The van der Waals surface area contributed by atoms with Crippen LogP contribution in [0.25, 0.3) is 0 Å². The summed E-state index contributed by atoms with van der Waals surface area (Å²) in [4.78, 5) is 18.2. The largest absolute Gasteiger partial charge is 0.490 e.